The van der Waals surface area contributed by atoms with E-state index < -0.39 is 10.0 Å². The number of benzene rings is 1. The Morgan fingerprint density at radius 1 is 1.27 bits per heavy atom. The smallest absolute Gasteiger partial charge is 0.256 e. The number of nitriles is 1. The number of hydrogen-bond acceptors (Lipinski definition) is 5. The second-order valence-electron chi connectivity index (χ2n) is 6.21. The zero-order chi connectivity index (χ0) is 18.7. The van der Waals surface area contributed by atoms with E-state index in [-0.39, 0.29) is 16.8 Å². The molecule has 1 aromatic carbocycles. The molecule has 1 aliphatic heterocycles. The molecule has 3 rings (SSSR count). The average Bonchev–Trinajstić information content (AvgIpc) is 3.09. The van der Waals surface area contributed by atoms with Gasteiger partial charge in [-0.25, -0.2) is 8.42 Å². The Morgan fingerprint density at radius 3 is 2.65 bits per heavy atom. The molecular weight excluding hydrogens is 370 g/mol. The molecule has 1 N–H and O–H groups in total. The van der Waals surface area contributed by atoms with Gasteiger partial charge in [0.1, 0.15) is 11.1 Å². The van der Waals surface area contributed by atoms with Crippen LogP contribution in [0.4, 0.5) is 5.00 Å². The van der Waals surface area contributed by atoms with Crippen molar-refractivity contribution in [3.63, 3.8) is 0 Å². The molecule has 2 heterocycles. The zero-order valence-corrected chi connectivity index (χ0v) is 15.9. The SMILES string of the molecule is C[C@H]1CCCCN1S(=O)(=O)c1ccc(C(=O)Nc2sccc2C#N)cc1. The van der Waals surface area contributed by atoms with Gasteiger partial charge in [0.15, 0.2) is 0 Å². The Bertz CT molecular complexity index is 943. The van der Waals surface area contributed by atoms with Crippen LogP contribution < -0.4 is 5.32 Å². The maximum Gasteiger partial charge on any atom is 0.256 e. The molecule has 1 atom stereocenters. The van der Waals surface area contributed by atoms with Gasteiger partial charge in [-0.3, -0.25) is 4.79 Å². The summed E-state index contributed by atoms with van der Waals surface area (Å²) in [4.78, 5) is 12.5. The molecule has 0 saturated carbocycles. The van der Waals surface area contributed by atoms with Crippen molar-refractivity contribution >= 4 is 32.3 Å². The minimum atomic E-state index is -3.55. The van der Waals surface area contributed by atoms with Gasteiger partial charge >= 0.3 is 0 Å². The van der Waals surface area contributed by atoms with Crippen molar-refractivity contribution in [3.05, 3.63) is 46.8 Å². The summed E-state index contributed by atoms with van der Waals surface area (Å²) in [6, 6.07) is 9.55. The summed E-state index contributed by atoms with van der Waals surface area (Å²) >= 11 is 1.27. The summed E-state index contributed by atoms with van der Waals surface area (Å²) in [6.07, 6.45) is 2.77. The molecule has 0 radical (unpaired) electrons. The number of rotatable bonds is 4. The number of piperidine rings is 1. The van der Waals surface area contributed by atoms with Crippen LogP contribution in [0.15, 0.2) is 40.6 Å². The Hall–Kier alpha value is -2.21. The van der Waals surface area contributed by atoms with Crippen molar-refractivity contribution in [2.24, 2.45) is 0 Å². The highest BCUT2D eigenvalue weighted by atomic mass is 32.2. The fraction of sp³-hybridized carbons (Fsp3) is 0.333. The van der Waals surface area contributed by atoms with Crippen molar-refractivity contribution < 1.29 is 13.2 Å². The molecule has 1 saturated heterocycles. The average molecular weight is 390 g/mol. The summed E-state index contributed by atoms with van der Waals surface area (Å²) in [6.45, 7) is 2.45. The first-order valence-electron chi connectivity index (χ1n) is 8.34. The lowest BCUT2D eigenvalue weighted by atomic mass is 10.1. The molecular formula is C18H19N3O3S2. The zero-order valence-electron chi connectivity index (χ0n) is 14.3. The number of sulfonamides is 1. The van der Waals surface area contributed by atoms with Crippen LogP contribution in [-0.4, -0.2) is 31.2 Å². The third-order valence-corrected chi connectivity index (χ3v) is 7.34. The number of hydrogen-bond donors (Lipinski definition) is 1. The topological polar surface area (TPSA) is 90.3 Å². The lowest BCUT2D eigenvalue weighted by Gasteiger charge is -2.32. The van der Waals surface area contributed by atoms with E-state index in [9.17, 15) is 13.2 Å². The van der Waals surface area contributed by atoms with E-state index >= 15 is 0 Å². The molecule has 0 unspecified atom stereocenters. The minimum Gasteiger partial charge on any atom is -0.312 e. The fourth-order valence-corrected chi connectivity index (χ4v) is 5.44. The molecule has 6 nitrogen and oxygen atoms in total. The lowest BCUT2D eigenvalue weighted by molar-refractivity contribution is 0.102. The van der Waals surface area contributed by atoms with E-state index in [1.54, 1.807) is 11.4 Å². The molecule has 1 aliphatic rings. The standard InChI is InChI=1S/C18H19N3O3S2/c1-13-4-2-3-10-21(13)26(23,24)16-7-5-14(6-8-16)17(22)20-18-15(12-19)9-11-25-18/h5-9,11,13H,2-4,10H2,1H3,(H,20,22)/t13-/m0/s1. The lowest BCUT2D eigenvalue weighted by Crippen LogP contribution is -2.41. The molecule has 1 aromatic heterocycles. The van der Waals surface area contributed by atoms with Gasteiger partial charge in [-0.15, -0.1) is 11.3 Å². The van der Waals surface area contributed by atoms with Crippen LogP contribution in [0.5, 0.6) is 0 Å². The third kappa shape index (κ3) is 3.65. The van der Waals surface area contributed by atoms with E-state index in [2.05, 4.69) is 5.32 Å². The Balaban J connectivity index is 1.78. The molecule has 2 aromatic rings. The second kappa shape index (κ2) is 7.58. The van der Waals surface area contributed by atoms with Crippen molar-refractivity contribution in [3.8, 4) is 6.07 Å². The highest BCUT2D eigenvalue weighted by Crippen LogP contribution is 2.26. The van der Waals surface area contributed by atoms with Crippen molar-refractivity contribution in [2.45, 2.75) is 37.1 Å². The van der Waals surface area contributed by atoms with E-state index in [0.29, 0.717) is 22.7 Å². The summed E-state index contributed by atoms with van der Waals surface area (Å²) < 4.78 is 27.2. The number of amides is 1. The number of nitrogens with one attached hydrogen (secondary N) is 1. The number of thiophene rings is 1. The van der Waals surface area contributed by atoms with Gasteiger partial charge in [0.25, 0.3) is 5.91 Å². The Morgan fingerprint density at radius 2 is 2.00 bits per heavy atom. The number of anilines is 1. The summed E-state index contributed by atoms with van der Waals surface area (Å²) in [5.74, 6) is -0.376. The first-order valence-corrected chi connectivity index (χ1v) is 10.7. The quantitative estimate of drug-likeness (QED) is 0.867. The van der Waals surface area contributed by atoms with Crippen LogP contribution in [-0.2, 0) is 10.0 Å². The van der Waals surface area contributed by atoms with E-state index in [1.807, 2.05) is 13.0 Å². The first kappa shape index (κ1) is 18.6. The van der Waals surface area contributed by atoms with Gasteiger partial charge in [-0.2, -0.15) is 9.57 Å². The van der Waals surface area contributed by atoms with Crippen LogP contribution in [0.2, 0.25) is 0 Å². The summed E-state index contributed by atoms with van der Waals surface area (Å²) in [5.41, 5.74) is 0.745. The number of carbonyl (C=O) groups excluding carboxylic acids is 1. The van der Waals surface area contributed by atoms with Gasteiger partial charge in [0.2, 0.25) is 10.0 Å². The first-order chi connectivity index (χ1) is 12.4. The largest absolute Gasteiger partial charge is 0.312 e. The van der Waals surface area contributed by atoms with Gasteiger partial charge in [0.05, 0.1) is 10.5 Å². The molecule has 136 valence electrons. The molecule has 1 fully saturated rings. The van der Waals surface area contributed by atoms with Crippen molar-refractivity contribution in [1.29, 1.82) is 5.26 Å². The molecule has 0 aliphatic carbocycles. The third-order valence-electron chi connectivity index (χ3n) is 4.48. The van der Waals surface area contributed by atoms with Gasteiger partial charge in [-0.1, -0.05) is 6.42 Å². The van der Waals surface area contributed by atoms with Crippen LogP contribution in [0, 0.1) is 11.3 Å². The van der Waals surface area contributed by atoms with E-state index in [0.717, 1.165) is 19.3 Å². The summed E-state index contributed by atoms with van der Waals surface area (Å²) in [5, 5.41) is 13.9. The minimum absolute atomic E-state index is 0.0139. The summed E-state index contributed by atoms with van der Waals surface area (Å²) in [7, 11) is -3.55. The normalized spacial score (nSPS) is 18.2. The van der Waals surface area contributed by atoms with Crippen LogP contribution >= 0.6 is 11.3 Å². The number of nitrogens with zero attached hydrogens (tertiary/aromatic N) is 2. The van der Waals surface area contributed by atoms with E-state index in [1.165, 1.54) is 39.9 Å². The fourth-order valence-electron chi connectivity index (χ4n) is 3.01. The maximum absolute atomic E-state index is 12.8. The second-order valence-corrected chi connectivity index (χ2v) is 9.02. The highest BCUT2D eigenvalue weighted by molar-refractivity contribution is 7.89. The van der Waals surface area contributed by atoms with Crippen LogP contribution in [0.3, 0.4) is 0 Å². The van der Waals surface area contributed by atoms with Gasteiger partial charge in [-0.05, 0) is 55.5 Å². The molecule has 0 bridgehead atoms. The Labute approximate surface area is 157 Å². The van der Waals surface area contributed by atoms with E-state index in [4.69, 9.17) is 5.26 Å². The van der Waals surface area contributed by atoms with Crippen LogP contribution in [0.1, 0.15) is 42.1 Å². The molecule has 8 heteroatoms. The van der Waals surface area contributed by atoms with Gasteiger partial charge < -0.3 is 5.32 Å². The monoisotopic (exact) mass is 389 g/mol. The molecule has 26 heavy (non-hydrogen) atoms. The van der Waals surface area contributed by atoms with Gasteiger partial charge in [0, 0.05) is 18.2 Å². The highest BCUT2D eigenvalue weighted by Gasteiger charge is 2.30. The predicted molar refractivity (Wildman–Crippen MR) is 101 cm³/mol. The van der Waals surface area contributed by atoms with Crippen molar-refractivity contribution in [2.75, 3.05) is 11.9 Å². The van der Waals surface area contributed by atoms with Crippen LogP contribution in [0.25, 0.3) is 0 Å². The predicted octanol–water partition coefficient (Wildman–Crippen LogP) is 3.44. The maximum atomic E-state index is 12.8. The Kier molecular flexibility index (Phi) is 5.41. The number of carbonyl (C=O) groups is 1. The molecule has 1 amide bonds. The molecule has 0 spiro atoms. The van der Waals surface area contributed by atoms with Crippen molar-refractivity contribution in [1.82, 2.24) is 4.31 Å².